The van der Waals surface area contributed by atoms with Crippen molar-refractivity contribution in [2.45, 2.75) is 19.4 Å². The first-order valence-electron chi connectivity index (χ1n) is 5.50. The van der Waals surface area contributed by atoms with Crippen LogP contribution in [0.1, 0.15) is 23.6 Å². The van der Waals surface area contributed by atoms with Crippen LogP contribution >= 0.6 is 0 Å². The van der Waals surface area contributed by atoms with Gasteiger partial charge in [0, 0.05) is 6.04 Å². The van der Waals surface area contributed by atoms with E-state index in [-0.39, 0.29) is 23.5 Å². The van der Waals surface area contributed by atoms with Crippen molar-refractivity contribution >= 4 is 9.84 Å². The maximum absolute atomic E-state index is 11.4. The van der Waals surface area contributed by atoms with Crippen LogP contribution in [-0.2, 0) is 9.84 Å². The van der Waals surface area contributed by atoms with E-state index in [9.17, 15) is 8.42 Å². The molecule has 1 aromatic rings. The molecule has 4 heteroatoms. The average Bonchev–Trinajstić information content (AvgIpc) is 2.58. The van der Waals surface area contributed by atoms with Gasteiger partial charge in [0.1, 0.15) is 0 Å². The average molecular weight is 239 g/mol. The van der Waals surface area contributed by atoms with Crippen molar-refractivity contribution in [2.24, 2.45) is 11.7 Å². The van der Waals surface area contributed by atoms with Crippen molar-refractivity contribution < 1.29 is 8.42 Å². The molecule has 2 rings (SSSR count). The van der Waals surface area contributed by atoms with E-state index >= 15 is 0 Å². The van der Waals surface area contributed by atoms with Crippen LogP contribution in [0.25, 0.3) is 0 Å². The molecule has 1 aromatic carbocycles. The summed E-state index contributed by atoms with van der Waals surface area (Å²) in [6.45, 7) is 2.02. The molecular formula is C12H17NO2S. The molecule has 16 heavy (non-hydrogen) atoms. The Kier molecular flexibility index (Phi) is 3.04. The van der Waals surface area contributed by atoms with Gasteiger partial charge in [-0.1, -0.05) is 29.8 Å². The van der Waals surface area contributed by atoms with E-state index in [0.29, 0.717) is 6.42 Å². The predicted molar refractivity (Wildman–Crippen MR) is 64.9 cm³/mol. The molecule has 2 unspecified atom stereocenters. The molecule has 0 aliphatic carbocycles. The second-order valence-corrected chi connectivity index (χ2v) is 6.83. The van der Waals surface area contributed by atoms with Crippen LogP contribution < -0.4 is 5.73 Å². The van der Waals surface area contributed by atoms with E-state index < -0.39 is 9.84 Å². The van der Waals surface area contributed by atoms with Gasteiger partial charge in [0.25, 0.3) is 0 Å². The van der Waals surface area contributed by atoms with Crippen LogP contribution in [-0.4, -0.2) is 19.9 Å². The smallest absolute Gasteiger partial charge is 0.150 e. The molecule has 0 saturated carbocycles. The normalized spacial score (nSPS) is 25.5. The van der Waals surface area contributed by atoms with Crippen LogP contribution in [0.5, 0.6) is 0 Å². The summed E-state index contributed by atoms with van der Waals surface area (Å²) in [7, 11) is -2.84. The molecule has 0 amide bonds. The van der Waals surface area contributed by atoms with Crippen molar-refractivity contribution in [3.63, 3.8) is 0 Å². The van der Waals surface area contributed by atoms with E-state index in [4.69, 9.17) is 5.73 Å². The first-order valence-corrected chi connectivity index (χ1v) is 7.33. The number of aryl methyl sites for hydroxylation is 1. The molecule has 1 fully saturated rings. The van der Waals surface area contributed by atoms with E-state index in [1.165, 1.54) is 0 Å². The van der Waals surface area contributed by atoms with Crippen molar-refractivity contribution in [2.75, 3.05) is 11.5 Å². The summed E-state index contributed by atoms with van der Waals surface area (Å²) in [6, 6.07) is 7.84. The lowest BCUT2D eigenvalue weighted by atomic mass is 9.92. The largest absolute Gasteiger partial charge is 0.324 e. The molecule has 0 aromatic heterocycles. The lowest BCUT2D eigenvalue weighted by Gasteiger charge is -2.18. The summed E-state index contributed by atoms with van der Waals surface area (Å²) < 4.78 is 22.8. The number of hydrogen-bond donors (Lipinski definition) is 1. The van der Waals surface area contributed by atoms with Crippen LogP contribution in [0.4, 0.5) is 0 Å². The Balaban J connectivity index is 2.17. The molecule has 2 N–H and O–H groups in total. The number of nitrogens with two attached hydrogens (primary N) is 1. The van der Waals surface area contributed by atoms with Gasteiger partial charge in [0.15, 0.2) is 9.84 Å². The summed E-state index contributed by atoms with van der Waals surface area (Å²) in [5.74, 6) is 0.603. The lowest BCUT2D eigenvalue weighted by molar-refractivity contribution is 0.480. The third-order valence-electron chi connectivity index (χ3n) is 3.20. The molecule has 0 spiro atoms. The second kappa shape index (κ2) is 4.18. The minimum atomic E-state index is -2.84. The van der Waals surface area contributed by atoms with E-state index in [2.05, 4.69) is 0 Å². The standard InChI is InChI=1S/C12H17NO2S/c1-9-3-2-4-10(7-9)12(13)11-5-6-16(14,15)8-11/h2-4,7,11-12H,5-6,8,13H2,1H3. The summed E-state index contributed by atoms with van der Waals surface area (Å²) in [6.07, 6.45) is 0.692. The second-order valence-electron chi connectivity index (χ2n) is 4.60. The summed E-state index contributed by atoms with van der Waals surface area (Å²) in [5, 5.41) is 0. The predicted octanol–water partition coefficient (Wildman–Crippen LogP) is 1.43. The highest BCUT2D eigenvalue weighted by atomic mass is 32.2. The van der Waals surface area contributed by atoms with Gasteiger partial charge in [0.2, 0.25) is 0 Å². The fourth-order valence-corrected chi connectivity index (χ4v) is 4.11. The topological polar surface area (TPSA) is 60.2 Å². The third kappa shape index (κ3) is 2.44. The Morgan fingerprint density at radius 1 is 1.44 bits per heavy atom. The first kappa shape index (κ1) is 11.6. The summed E-state index contributed by atoms with van der Waals surface area (Å²) in [4.78, 5) is 0. The zero-order valence-electron chi connectivity index (χ0n) is 9.39. The minimum absolute atomic E-state index is 0.0757. The Hall–Kier alpha value is -0.870. The van der Waals surface area contributed by atoms with Gasteiger partial charge in [-0.15, -0.1) is 0 Å². The SMILES string of the molecule is Cc1cccc(C(N)C2CCS(=O)(=O)C2)c1. The fourth-order valence-electron chi connectivity index (χ4n) is 2.26. The number of rotatable bonds is 2. The zero-order chi connectivity index (χ0) is 11.8. The Morgan fingerprint density at radius 3 is 2.75 bits per heavy atom. The molecule has 1 aliphatic rings. The number of sulfone groups is 1. The highest BCUT2D eigenvalue weighted by Crippen LogP contribution is 2.29. The van der Waals surface area contributed by atoms with E-state index in [0.717, 1.165) is 11.1 Å². The molecule has 88 valence electrons. The highest BCUT2D eigenvalue weighted by Gasteiger charge is 2.32. The number of benzene rings is 1. The third-order valence-corrected chi connectivity index (χ3v) is 5.00. The summed E-state index contributed by atoms with van der Waals surface area (Å²) in [5.41, 5.74) is 8.33. The van der Waals surface area contributed by atoms with Crippen molar-refractivity contribution in [1.29, 1.82) is 0 Å². The van der Waals surface area contributed by atoms with Crippen LogP contribution in [0, 0.1) is 12.8 Å². The molecular weight excluding hydrogens is 222 g/mol. The lowest BCUT2D eigenvalue weighted by Crippen LogP contribution is -2.22. The van der Waals surface area contributed by atoms with Crippen LogP contribution in [0.3, 0.4) is 0 Å². The minimum Gasteiger partial charge on any atom is -0.324 e. The number of hydrogen-bond acceptors (Lipinski definition) is 3. The Morgan fingerprint density at radius 2 is 2.19 bits per heavy atom. The van der Waals surface area contributed by atoms with Crippen LogP contribution in [0.2, 0.25) is 0 Å². The zero-order valence-corrected chi connectivity index (χ0v) is 10.2. The van der Waals surface area contributed by atoms with E-state index in [1.54, 1.807) is 0 Å². The molecule has 1 aliphatic heterocycles. The molecule has 2 atom stereocenters. The monoisotopic (exact) mass is 239 g/mol. The van der Waals surface area contributed by atoms with Gasteiger partial charge in [-0.25, -0.2) is 8.42 Å². The summed E-state index contributed by atoms with van der Waals surface area (Å²) >= 11 is 0. The van der Waals surface area contributed by atoms with E-state index in [1.807, 2.05) is 31.2 Å². The van der Waals surface area contributed by atoms with Crippen molar-refractivity contribution in [3.8, 4) is 0 Å². The van der Waals surface area contributed by atoms with Crippen molar-refractivity contribution in [1.82, 2.24) is 0 Å². The Labute approximate surface area is 96.6 Å². The van der Waals surface area contributed by atoms with Gasteiger partial charge in [-0.2, -0.15) is 0 Å². The van der Waals surface area contributed by atoms with Crippen LogP contribution in [0.15, 0.2) is 24.3 Å². The molecule has 3 nitrogen and oxygen atoms in total. The first-order chi connectivity index (χ1) is 7.48. The van der Waals surface area contributed by atoms with Crippen molar-refractivity contribution in [3.05, 3.63) is 35.4 Å². The van der Waals surface area contributed by atoms with Gasteiger partial charge in [-0.3, -0.25) is 0 Å². The molecule has 0 bridgehead atoms. The van der Waals surface area contributed by atoms with Gasteiger partial charge in [0.05, 0.1) is 11.5 Å². The maximum atomic E-state index is 11.4. The van der Waals surface area contributed by atoms with Gasteiger partial charge in [-0.05, 0) is 24.8 Å². The molecule has 1 saturated heterocycles. The Bertz CT molecular complexity index is 482. The fraction of sp³-hybridized carbons (Fsp3) is 0.500. The molecule has 1 heterocycles. The maximum Gasteiger partial charge on any atom is 0.150 e. The van der Waals surface area contributed by atoms with Gasteiger partial charge < -0.3 is 5.73 Å². The highest BCUT2D eigenvalue weighted by molar-refractivity contribution is 7.91. The van der Waals surface area contributed by atoms with Gasteiger partial charge >= 0.3 is 0 Å². The quantitative estimate of drug-likeness (QED) is 0.849. The molecule has 0 radical (unpaired) electrons.